The quantitative estimate of drug-likeness (QED) is 0.138. The zero-order chi connectivity index (χ0) is 31.5. The number of nitrogens with one attached hydrogen (secondary N) is 4. The third-order valence-electron chi connectivity index (χ3n) is 6.18. The first-order chi connectivity index (χ1) is 21.3. The Balaban J connectivity index is 1.45. The fourth-order valence-corrected chi connectivity index (χ4v) is 4.32. The van der Waals surface area contributed by atoms with E-state index in [0.29, 0.717) is 29.7 Å². The molecule has 0 aliphatic carbocycles. The van der Waals surface area contributed by atoms with Crippen LogP contribution in [0.5, 0.6) is 17.2 Å². The molecule has 44 heavy (non-hydrogen) atoms. The molecule has 0 unspecified atom stereocenters. The number of rotatable bonds is 12. The van der Waals surface area contributed by atoms with Crippen LogP contribution in [0.4, 0.5) is 10.1 Å². The van der Waals surface area contributed by atoms with E-state index in [1.807, 2.05) is 30.3 Å². The SMILES string of the molecule is COCCNC(=O)CNC(=O)c1cc2c(Oc3ccc(NC(=S)NC(=O)Cc4ccccc4)cc3F)ccnc2cc1OC. The van der Waals surface area contributed by atoms with Gasteiger partial charge in [0.05, 0.1) is 37.8 Å². The van der Waals surface area contributed by atoms with Gasteiger partial charge in [-0.05, 0) is 42.0 Å². The molecule has 0 aliphatic rings. The summed E-state index contributed by atoms with van der Waals surface area (Å²) >= 11 is 5.20. The van der Waals surface area contributed by atoms with E-state index in [1.54, 1.807) is 6.07 Å². The molecule has 0 spiro atoms. The van der Waals surface area contributed by atoms with E-state index in [0.717, 1.165) is 5.56 Å². The average molecular weight is 620 g/mol. The number of pyridine rings is 1. The lowest BCUT2D eigenvalue weighted by molar-refractivity contribution is -0.120. The molecule has 4 rings (SSSR count). The van der Waals surface area contributed by atoms with E-state index < -0.39 is 11.7 Å². The van der Waals surface area contributed by atoms with Crippen LogP contribution in [0.2, 0.25) is 0 Å². The van der Waals surface area contributed by atoms with E-state index in [-0.39, 0.29) is 52.7 Å². The number of carbonyl (C=O) groups excluding carboxylic acids is 3. The Morgan fingerprint density at radius 2 is 1.70 bits per heavy atom. The van der Waals surface area contributed by atoms with Crippen molar-refractivity contribution in [2.75, 3.05) is 39.2 Å². The number of hydrogen-bond acceptors (Lipinski definition) is 8. The average Bonchev–Trinajstić information content (AvgIpc) is 3.01. The van der Waals surface area contributed by atoms with Gasteiger partial charge in [0, 0.05) is 43.1 Å². The van der Waals surface area contributed by atoms with Crippen LogP contribution in [0.3, 0.4) is 0 Å². The van der Waals surface area contributed by atoms with Crippen molar-refractivity contribution in [1.29, 1.82) is 0 Å². The predicted octanol–water partition coefficient (Wildman–Crippen LogP) is 3.72. The van der Waals surface area contributed by atoms with Crippen molar-refractivity contribution in [1.82, 2.24) is 20.9 Å². The zero-order valence-corrected chi connectivity index (χ0v) is 24.8. The minimum absolute atomic E-state index is 0.0198. The lowest BCUT2D eigenvalue weighted by Crippen LogP contribution is -2.38. The molecule has 4 N–H and O–H groups in total. The first kappa shape index (κ1) is 31.8. The third kappa shape index (κ3) is 8.69. The summed E-state index contributed by atoms with van der Waals surface area (Å²) in [4.78, 5) is 41.5. The normalized spacial score (nSPS) is 10.5. The second kappa shape index (κ2) is 15.4. The first-order valence-corrected chi connectivity index (χ1v) is 13.8. The van der Waals surface area contributed by atoms with Gasteiger partial charge in [0.15, 0.2) is 16.7 Å². The van der Waals surface area contributed by atoms with Crippen molar-refractivity contribution in [3.05, 3.63) is 89.9 Å². The standard InChI is InChI=1S/C31H30FN5O6S/c1-41-13-12-34-29(39)18-35-30(40)22-16-21-24(17-27(22)42-2)33-11-10-25(21)43-26-9-8-20(15-23(26)32)36-31(44)37-28(38)14-19-6-4-3-5-7-19/h3-11,15-17H,12-14,18H2,1-2H3,(H,34,39)(H,35,40)(H2,36,37,38,44). The fraction of sp³-hybridized carbons (Fsp3) is 0.194. The number of thiocarbonyl (C=S) groups is 1. The van der Waals surface area contributed by atoms with Crippen LogP contribution in [-0.2, 0) is 20.7 Å². The molecule has 228 valence electrons. The smallest absolute Gasteiger partial charge is 0.255 e. The minimum Gasteiger partial charge on any atom is -0.496 e. The van der Waals surface area contributed by atoms with Crippen LogP contribution in [0.25, 0.3) is 10.9 Å². The Morgan fingerprint density at radius 1 is 0.909 bits per heavy atom. The maximum Gasteiger partial charge on any atom is 0.255 e. The topological polar surface area (TPSA) is 140 Å². The number of amides is 3. The zero-order valence-electron chi connectivity index (χ0n) is 23.9. The largest absolute Gasteiger partial charge is 0.496 e. The molecule has 3 amide bonds. The van der Waals surface area contributed by atoms with E-state index in [2.05, 4.69) is 26.3 Å². The van der Waals surface area contributed by atoms with Crippen molar-refractivity contribution >= 4 is 51.6 Å². The molecule has 0 fully saturated rings. The molecular weight excluding hydrogens is 589 g/mol. The molecule has 3 aromatic carbocycles. The van der Waals surface area contributed by atoms with Crippen LogP contribution in [0.15, 0.2) is 72.9 Å². The number of benzene rings is 3. The molecule has 1 heterocycles. The highest BCUT2D eigenvalue weighted by atomic mass is 32.1. The summed E-state index contributed by atoms with van der Waals surface area (Å²) in [5.74, 6) is -1.60. The highest BCUT2D eigenvalue weighted by molar-refractivity contribution is 7.80. The minimum atomic E-state index is -0.704. The highest BCUT2D eigenvalue weighted by Gasteiger charge is 2.18. The lowest BCUT2D eigenvalue weighted by Gasteiger charge is -2.14. The number of fused-ring (bicyclic) bond motifs is 1. The summed E-state index contributed by atoms with van der Waals surface area (Å²) in [5, 5.41) is 11.0. The van der Waals surface area contributed by atoms with Gasteiger partial charge in [0.1, 0.15) is 11.5 Å². The number of ether oxygens (including phenoxy) is 3. The van der Waals surface area contributed by atoms with Gasteiger partial charge in [0.2, 0.25) is 11.8 Å². The number of nitrogens with zero attached hydrogens (tertiary/aromatic N) is 1. The van der Waals surface area contributed by atoms with E-state index in [9.17, 15) is 14.4 Å². The molecule has 0 bridgehead atoms. The van der Waals surface area contributed by atoms with Gasteiger partial charge in [-0.15, -0.1) is 0 Å². The molecule has 11 nitrogen and oxygen atoms in total. The highest BCUT2D eigenvalue weighted by Crippen LogP contribution is 2.34. The van der Waals surface area contributed by atoms with Gasteiger partial charge in [-0.25, -0.2) is 4.39 Å². The summed E-state index contributed by atoms with van der Waals surface area (Å²) in [6, 6.07) is 17.9. The van der Waals surface area contributed by atoms with Crippen LogP contribution < -0.4 is 30.7 Å². The Labute approximate surface area is 258 Å². The fourth-order valence-electron chi connectivity index (χ4n) is 4.09. The first-order valence-electron chi connectivity index (χ1n) is 13.4. The van der Waals surface area contributed by atoms with Gasteiger partial charge >= 0.3 is 0 Å². The second-order valence-corrected chi connectivity index (χ2v) is 9.72. The second-order valence-electron chi connectivity index (χ2n) is 9.32. The van der Waals surface area contributed by atoms with E-state index in [1.165, 1.54) is 50.7 Å². The number of anilines is 1. The molecule has 13 heteroatoms. The van der Waals surface area contributed by atoms with Crippen molar-refractivity contribution < 1.29 is 33.0 Å². The summed E-state index contributed by atoms with van der Waals surface area (Å²) < 4.78 is 31.3. The van der Waals surface area contributed by atoms with Gasteiger partial charge in [-0.2, -0.15) is 0 Å². The number of halogens is 1. The third-order valence-corrected chi connectivity index (χ3v) is 6.38. The molecular formula is C31H30FN5O6S. The number of aromatic nitrogens is 1. The Hall–Kier alpha value is -5.14. The molecule has 0 atom stereocenters. The molecule has 1 aromatic heterocycles. The maximum atomic E-state index is 15.1. The van der Waals surface area contributed by atoms with Crippen LogP contribution >= 0.6 is 12.2 Å². The maximum absolute atomic E-state index is 15.1. The Bertz CT molecular complexity index is 1670. The van der Waals surface area contributed by atoms with E-state index in [4.69, 9.17) is 26.4 Å². The monoisotopic (exact) mass is 619 g/mol. The van der Waals surface area contributed by atoms with E-state index >= 15 is 4.39 Å². The molecule has 0 radical (unpaired) electrons. The van der Waals surface area contributed by atoms with Crippen molar-refractivity contribution in [3.63, 3.8) is 0 Å². The van der Waals surface area contributed by atoms with Crippen molar-refractivity contribution in [2.45, 2.75) is 6.42 Å². The molecule has 0 aliphatic heterocycles. The van der Waals surface area contributed by atoms with Crippen LogP contribution in [0, 0.1) is 5.82 Å². The summed E-state index contributed by atoms with van der Waals surface area (Å²) in [5.41, 5.74) is 1.69. The lowest BCUT2D eigenvalue weighted by atomic mass is 10.1. The summed E-state index contributed by atoms with van der Waals surface area (Å²) in [6.45, 7) is 0.392. The van der Waals surface area contributed by atoms with Gasteiger partial charge < -0.3 is 35.5 Å². The summed E-state index contributed by atoms with van der Waals surface area (Å²) in [6.07, 6.45) is 1.62. The molecule has 4 aromatic rings. The number of carbonyl (C=O) groups is 3. The molecule has 0 saturated carbocycles. The van der Waals surface area contributed by atoms with Crippen molar-refractivity contribution in [2.24, 2.45) is 0 Å². The summed E-state index contributed by atoms with van der Waals surface area (Å²) in [7, 11) is 2.92. The predicted molar refractivity (Wildman–Crippen MR) is 166 cm³/mol. The van der Waals surface area contributed by atoms with Crippen LogP contribution in [-0.4, -0.2) is 61.7 Å². The van der Waals surface area contributed by atoms with Crippen LogP contribution in [0.1, 0.15) is 15.9 Å². The Morgan fingerprint density at radius 3 is 2.43 bits per heavy atom. The Kier molecular flexibility index (Phi) is 11.1. The number of methoxy groups -OCH3 is 2. The van der Waals surface area contributed by atoms with Gasteiger partial charge in [-0.1, -0.05) is 30.3 Å². The molecule has 0 saturated heterocycles. The van der Waals surface area contributed by atoms with Crippen molar-refractivity contribution in [3.8, 4) is 17.2 Å². The van der Waals surface area contributed by atoms with Gasteiger partial charge in [-0.3, -0.25) is 19.4 Å². The number of hydrogen-bond donors (Lipinski definition) is 4. The van der Waals surface area contributed by atoms with Gasteiger partial charge in [0.25, 0.3) is 5.91 Å².